The van der Waals surface area contributed by atoms with Crippen molar-refractivity contribution in [3.8, 4) is 5.75 Å². The minimum atomic E-state index is -0.417. The standard InChI is InChI=1S/C16H20FNO3/c1-21-15-6-3-11(9-14(15)17)4-7-16(20)18-13-5-2-12(8-13)10-19/h2-3,5-6,9,12-13,19H,4,7-8,10H2,1H3,(H,18,20)/t12-,13+/m0/s1. The molecule has 0 aromatic heterocycles. The molecule has 1 aromatic rings. The summed E-state index contributed by atoms with van der Waals surface area (Å²) in [5.41, 5.74) is 0.763. The van der Waals surface area contributed by atoms with Crippen LogP contribution in [0.5, 0.6) is 5.75 Å². The smallest absolute Gasteiger partial charge is 0.220 e. The summed E-state index contributed by atoms with van der Waals surface area (Å²) < 4.78 is 18.4. The van der Waals surface area contributed by atoms with Crippen molar-refractivity contribution in [1.82, 2.24) is 5.32 Å². The lowest BCUT2D eigenvalue weighted by Gasteiger charge is -2.12. The first-order valence-corrected chi connectivity index (χ1v) is 7.03. The predicted molar refractivity (Wildman–Crippen MR) is 77.5 cm³/mol. The average Bonchev–Trinajstić information content (AvgIpc) is 2.93. The van der Waals surface area contributed by atoms with Crippen molar-refractivity contribution in [2.45, 2.75) is 25.3 Å². The summed E-state index contributed by atoms with van der Waals surface area (Å²) in [6.45, 7) is 0.105. The van der Waals surface area contributed by atoms with Gasteiger partial charge in [-0.1, -0.05) is 18.2 Å². The van der Waals surface area contributed by atoms with E-state index < -0.39 is 5.82 Å². The van der Waals surface area contributed by atoms with E-state index in [0.717, 1.165) is 12.0 Å². The van der Waals surface area contributed by atoms with E-state index in [1.807, 2.05) is 12.2 Å². The van der Waals surface area contributed by atoms with Crippen LogP contribution < -0.4 is 10.1 Å². The Balaban J connectivity index is 1.79. The van der Waals surface area contributed by atoms with Crippen molar-refractivity contribution in [3.63, 3.8) is 0 Å². The molecule has 1 aromatic carbocycles. The van der Waals surface area contributed by atoms with Gasteiger partial charge in [-0.2, -0.15) is 0 Å². The number of halogens is 1. The Morgan fingerprint density at radius 1 is 1.48 bits per heavy atom. The Hall–Kier alpha value is -1.88. The summed E-state index contributed by atoms with van der Waals surface area (Å²) in [4.78, 5) is 11.8. The lowest BCUT2D eigenvalue weighted by Crippen LogP contribution is -2.33. The first-order chi connectivity index (χ1) is 10.1. The average molecular weight is 293 g/mol. The van der Waals surface area contributed by atoms with E-state index in [2.05, 4.69) is 5.32 Å². The van der Waals surface area contributed by atoms with Crippen LogP contribution in [0.2, 0.25) is 0 Å². The van der Waals surface area contributed by atoms with Gasteiger partial charge in [-0.05, 0) is 30.5 Å². The molecule has 0 unspecified atom stereocenters. The monoisotopic (exact) mass is 293 g/mol. The molecule has 0 fully saturated rings. The number of rotatable bonds is 6. The van der Waals surface area contributed by atoms with Crippen LogP contribution in [0.3, 0.4) is 0 Å². The van der Waals surface area contributed by atoms with Crippen molar-refractivity contribution in [2.75, 3.05) is 13.7 Å². The van der Waals surface area contributed by atoms with Crippen LogP contribution in [0.15, 0.2) is 30.4 Å². The summed E-state index contributed by atoms with van der Waals surface area (Å²) in [5, 5.41) is 11.9. The van der Waals surface area contributed by atoms with Crippen LogP contribution in [0, 0.1) is 11.7 Å². The second-order valence-electron chi connectivity index (χ2n) is 5.21. The molecule has 0 spiro atoms. The molecule has 0 heterocycles. The van der Waals surface area contributed by atoms with Gasteiger partial charge in [-0.15, -0.1) is 0 Å². The van der Waals surface area contributed by atoms with Crippen molar-refractivity contribution in [2.24, 2.45) is 5.92 Å². The maximum absolute atomic E-state index is 13.5. The van der Waals surface area contributed by atoms with E-state index in [1.54, 1.807) is 12.1 Å². The molecule has 1 aliphatic rings. The molecule has 0 aliphatic heterocycles. The van der Waals surface area contributed by atoms with E-state index >= 15 is 0 Å². The predicted octanol–water partition coefficient (Wildman–Crippen LogP) is 1.82. The Kier molecular flexibility index (Phi) is 5.33. The van der Waals surface area contributed by atoms with Gasteiger partial charge in [0, 0.05) is 25.0 Å². The fourth-order valence-electron chi connectivity index (χ4n) is 2.42. The largest absolute Gasteiger partial charge is 0.494 e. The van der Waals surface area contributed by atoms with E-state index in [1.165, 1.54) is 13.2 Å². The molecule has 114 valence electrons. The molecule has 4 nitrogen and oxygen atoms in total. The molecule has 2 rings (SSSR count). The zero-order valence-electron chi connectivity index (χ0n) is 12.0. The van der Waals surface area contributed by atoms with Crippen LogP contribution in [-0.4, -0.2) is 30.8 Å². The number of hydrogen-bond acceptors (Lipinski definition) is 3. The van der Waals surface area contributed by atoms with Gasteiger partial charge in [0.1, 0.15) is 0 Å². The fraction of sp³-hybridized carbons (Fsp3) is 0.438. The highest BCUT2D eigenvalue weighted by atomic mass is 19.1. The maximum atomic E-state index is 13.5. The van der Waals surface area contributed by atoms with Crippen LogP contribution in [0.1, 0.15) is 18.4 Å². The Morgan fingerprint density at radius 3 is 2.90 bits per heavy atom. The molecule has 0 saturated heterocycles. The summed E-state index contributed by atoms with van der Waals surface area (Å²) in [6.07, 6.45) is 5.35. The molecule has 21 heavy (non-hydrogen) atoms. The number of amides is 1. The van der Waals surface area contributed by atoms with E-state index in [4.69, 9.17) is 9.84 Å². The molecule has 0 saturated carbocycles. The number of aliphatic hydroxyl groups excluding tert-OH is 1. The third-order valence-electron chi connectivity index (χ3n) is 3.61. The third-order valence-corrected chi connectivity index (χ3v) is 3.61. The number of carbonyl (C=O) groups is 1. The van der Waals surface area contributed by atoms with Crippen LogP contribution in [0.25, 0.3) is 0 Å². The first-order valence-electron chi connectivity index (χ1n) is 7.03. The normalized spacial score (nSPS) is 20.5. The molecule has 1 aliphatic carbocycles. The zero-order chi connectivity index (χ0) is 15.2. The summed E-state index contributed by atoms with van der Waals surface area (Å²) >= 11 is 0. The Bertz CT molecular complexity index is 530. The summed E-state index contributed by atoms with van der Waals surface area (Å²) in [7, 11) is 1.42. The van der Waals surface area contributed by atoms with E-state index in [-0.39, 0.29) is 30.2 Å². The van der Waals surface area contributed by atoms with Gasteiger partial charge in [-0.25, -0.2) is 4.39 Å². The minimum absolute atomic E-state index is 0.0118. The quantitative estimate of drug-likeness (QED) is 0.787. The molecular formula is C16H20FNO3. The molecule has 2 atom stereocenters. The second kappa shape index (κ2) is 7.22. The number of aliphatic hydroxyl groups is 1. The highest BCUT2D eigenvalue weighted by molar-refractivity contribution is 5.76. The lowest BCUT2D eigenvalue weighted by atomic mass is 10.1. The highest BCUT2D eigenvalue weighted by Gasteiger charge is 2.19. The molecule has 5 heteroatoms. The second-order valence-corrected chi connectivity index (χ2v) is 5.21. The van der Waals surface area contributed by atoms with Gasteiger partial charge < -0.3 is 15.2 Å². The Labute approximate surface area is 123 Å². The van der Waals surface area contributed by atoms with Crippen molar-refractivity contribution >= 4 is 5.91 Å². The van der Waals surface area contributed by atoms with Crippen molar-refractivity contribution in [3.05, 3.63) is 41.7 Å². The SMILES string of the molecule is COc1ccc(CCC(=O)N[C@@H]2C=C[C@H](CO)C2)cc1F. The maximum Gasteiger partial charge on any atom is 0.220 e. The molecule has 0 radical (unpaired) electrons. The van der Waals surface area contributed by atoms with Crippen molar-refractivity contribution in [1.29, 1.82) is 0 Å². The van der Waals surface area contributed by atoms with Gasteiger partial charge in [0.15, 0.2) is 11.6 Å². The fourth-order valence-corrected chi connectivity index (χ4v) is 2.42. The molecular weight excluding hydrogens is 273 g/mol. The molecule has 0 bridgehead atoms. The lowest BCUT2D eigenvalue weighted by molar-refractivity contribution is -0.121. The number of benzene rings is 1. The van der Waals surface area contributed by atoms with Crippen LogP contribution in [0.4, 0.5) is 4.39 Å². The number of aryl methyl sites for hydroxylation is 1. The van der Waals surface area contributed by atoms with E-state index in [0.29, 0.717) is 12.8 Å². The third kappa shape index (κ3) is 4.29. The summed E-state index contributed by atoms with van der Waals surface area (Å²) in [6, 6.07) is 4.70. The van der Waals surface area contributed by atoms with Gasteiger partial charge in [-0.3, -0.25) is 4.79 Å². The van der Waals surface area contributed by atoms with Gasteiger partial charge in [0.25, 0.3) is 0 Å². The summed E-state index contributed by atoms with van der Waals surface area (Å²) in [5.74, 6) is -0.153. The number of methoxy groups -OCH3 is 1. The number of carbonyl (C=O) groups excluding carboxylic acids is 1. The van der Waals surface area contributed by atoms with Gasteiger partial charge >= 0.3 is 0 Å². The molecule has 2 N–H and O–H groups in total. The van der Waals surface area contributed by atoms with E-state index in [9.17, 15) is 9.18 Å². The van der Waals surface area contributed by atoms with Gasteiger partial charge in [0.05, 0.1) is 7.11 Å². The molecule has 1 amide bonds. The number of nitrogens with one attached hydrogen (secondary N) is 1. The van der Waals surface area contributed by atoms with Crippen LogP contribution >= 0.6 is 0 Å². The topological polar surface area (TPSA) is 58.6 Å². The van der Waals surface area contributed by atoms with Crippen LogP contribution in [-0.2, 0) is 11.2 Å². The zero-order valence-corrected chi connectivity index (χ0v) is 12.0. The minimum Gasteiger partial charge on any atom is -0.494 e. The number of ether oxygens (including phenoxy) is 1. The highest BCUT2D eigenvalue weighted by Crippen LogP contribution is 2.19. The van der Waals surface area contributed by atoms with Crippen molar-refractivity contribution < 1.29 is 19.0 Å². The first kappa shape index (κ1) is 15.5. The van der Waals surface area contributed by atoms with Gasteiger partial charge in [0.2, 0.25) is 5.91 Å². The number of hydrogen-bond donors (Lipinski definition) is 2. The Morgan fingerprint density at radius 2 is 2.29 bits per heavy atom.